The Morgan fingerprint density at radius 2 is 1.79 bits per heavy atom. The van der Waals surface area contributed by atoms with Crippen LogP contribution in [0.3, 0.4) is 0 Å². The van der Waals surface area contributed by atoms with Crippen LogP contribution in [-0.2, 0) is 9.84 Å². The van der Waals surface area contributed by atoms with Gasteiger partial charge in [-0.25, -0.2) is 13.4 Å². The number of benzene rings is 2. The lowest BCUT2D eigenvalue weighted by Gasteiger charge is -2.34. The topological polar surface area (TPSA) is 114 Å². The molecule has 0 spiro atoms. The van der Waals surface area contributed by atoms with Gasteiger partial charge < -0.3 is 9.80 Å². The molecule has 1 aliphatic rings. The molecular weight excluding hydrogens is 484 g/mol. The van der Waals surface area contributed by atoms with Crippen molar-refractivity contribution in [3.8, 4) is 0 Å². The smallest absolute Gasteiger partial charge is 0.270 e. The Morgan fingerprint density at radius 1 is 1.03 bits per heavy atom. The van der Waals surface area contributed by atoms with Crippen molar-refractivity contribution in [1.82, 2.24) is 9.88 Å². The number of nitro groups is 1. The van der Waals surface area contributed by atoms with Crippen LogP contribution in [0, 0.1) is 10.1 Å². The predicted octanol–water partition coefficient (Wildman–Crippen LogP) is 3.79. The molecule has 1 saturated heterocycles. The summed E-state index contributed by atoms with van der Waals surface area (Å²) in [5.74, 6) is -0.0828. The van der Waals surface area contributed by atoms with E-state index in [1.165, 1.54) is 41.1 Å². The van der Waals surface area contributed by atoms with E-state index in [2.05, 4.69) is 9.88 Å². The third kappa shape index (κ3) is 4.16. The number of carbonyl (C=O) groups is 1. The van der Waals surface area contributed by atoms with Crippen LogP contribution >= 0.6 is 22.7 Å². The number of rotatable bonds is 4. The van der Waals surface area contributed by atoms with E-state index in [0.29, 0.717) is 36.4 Å². The Hall–Kier alpha value is -3.09. The number of piperazine rings is 1. The minimum absolute atomic E-state index is 0.00686. The molecule has 9 nitrogen and oxygen atoms in total. The summed E-state index contributed by atoms with van der Waals surface area (Å²) in [6.07, 6.45) is 1.18. The molecule has 0 aliphatic carbocycles. The fourth-order valence-electron chi connectivity index (χ4n) is 3.77. The van der Waals surface area contributed by atoms with E-state index in [1.807, 2.05) is 0 Å². The maximum atomic E-state index is 13.0. The van der Waals surface area contributed by atoms with Crippen LogP contribution in [0.1, 0.15) is 9.67 Å². The molecule has 12 heteroatoms. The minimum atomic E-state index is -3.28. The first-order valence-corrected chi connectivity index (χ1v) is 13.5. The van der Waals surface area contributed by atoms with Crippen LogP contribution in [0.5, 0.6) is 0 Å². The van der Waals surface area contributed by atoms with Crippen LogP contribution in [-0.4, -0.2) is 61.6 Å². The molecule has 0 radical (unpaired) electrons. The summed E-state index contributed by atoms with van der Waals surface area (Å²) in [5, 5.41) is 12.5. The fraction of sp³-hybridized carbons (Fsp3) is 0.238. The van der Waals surface area contributed by atoms with Gasteiger partial charge in [0.05, 0.1) is 24.9 Å². The van der Waals surface area contributed by atoms with Gasteiger partial charge in [0, 0.05) is 54.7 Å². The zero-order chi connectivity index (χ0) is 23.3. The van der Waals surface area contributed by atoms with Crippen molar-refractivity contribution in [1.29, 1.82) is 0 Å². The Kier molecular flexibility index (Phi) is 5.30. The molecule has 1 fully saturated rings. The van der Waals surface area contributed by atoms with E-state index in [4.69, 9.17) is 0 Å². The summed E-state index contributed by atoms with van der Waals surface area (Å²) >= 11 is 2.78. The average Bonchev–Trinajstić information content (AvgIpc) is 3.41. The van der Waals surface area contributed by atoms with Crippen LogP contribution in [0.25, 0.3) is 20.3 Å². The predicted molar refractivity (Wildman–Crippen MR) is 129 cm³/mol. The molecule has 1 aliphatic heterocycles. The molecule has 33 heavy (non-hydrogen) atoms. The highest BCUT2D eigenvalue weighted by atomic mass is 32.2. The summed E-state index contributed by atoms with van der Waals surface area (Å²) < 4.78 is 25.3. The lowest BCUT2D eigenvalue weighted by Crippen LogP contribution is -2.48. The van der Waals surface area contributed by atoms with E-state index in [-0.39, 0.29) is 16.5 Å². The molecule has 0 bridgehead atoms. The standard InChI is InChI=1S/C21H18N4O5S3/c1-33(29,30)15-3-4-16-18(12-15)32-21(22-16)24-8-6-23(7-9-24)20(26)19-11-13-10-14(25(27)28)2-5-17(13)31-19/h2-5,10-12H,6-9H2,1H3. The summed E-state index contributed by atoms with van der Waals surface area (Å²) in [4.78, 5) is 32.9. The second kappa shape index (κ2) is 8.04. The molecule has 1 amide bonds. The number of nitro benzene ring substituents is 1. The lowest BCUT2D eigenvalue weighted by atomic mass is 10.2. The molecule has 170 valence electrons. The Balaban J connectivity index is 1.30. The normalized spacial score (nSPS) is 14.8. The molecule has 2 aromatic carbocycles. The van der Waals surface area contributed by atoms with E-state index in [1.54, 1.807) is 35.2 Å². The zero-order valence-electron chi connectivity index (χ0n) is 17.4. The molecule has 2 aromatic heterocycles. The Bertz CT molecular complexity index is 1520. The van der Waals surface area contributed by atoms with Gasteiger partial charge >= 0.3 is 0 Å². The van der Waals surface area contributed by atoms with Gasteiger partial charge in [0.25, 0.3) is 11.6 Å². The number of aromatic nitrogens is 1. The van der Waals surface area contributed by atoms with Gasteiger partial charge in [-0.15, -0.1) is 11.3 Å². The maximum Gasteiger partial charge on any atom is 0.270 e. The van der Waals surface area contributed by atoms with E-state index < -0.39 is 14.8 Å². The van der Waals surface area contributed by atoms with Crippen molar-refractivity contribution in [3.05, 3.63) is 57.5 Å². The lowest BCUT2D eigenvalue weighted by molar-refractivity contribution is -0.384. The summed E-state index contributed by atoms with van der Waals surface area (Å²) in [5.41, 5.74) is 0.757. The van der Waals surface area contributed by atoms with Gasteiger partial charge in [-0.1, -0.05) is 11.3 Å². The number of nitrogens with zero attached hydrogens (tertiary/aromatic N) is 4. The number of carbonyl (C=O) groups excluding carboxylic acids is 1. The second-order valence-corrected chi connectivity index (χ2v) is 11.9. The fourth-order valence-corrected chi connectivity index (χ4v) is 6.55. The molecule has 0 atom stereocenters. The first-order valence-electron chi connectivity index (χ1n) is 10.0. The Morgan fingerprint density at radius 3 is 2.48 bits per heavy atom. The van der Waals surface area contributed by atoms with Crippen molar-refractivity contribution >= 4 is 69.5 Å². The van der Waals surface area contributed by atoms with Crippen LogP contribution < -0.4 is 4.90 Å². The number of fused-ring (bicyclic) bond motifs is 2. The summed E-state index contributed by atoms with van der Waals surface area (Å²) in [6, 6.07) is 11.3. The average molecular weight is 503 g/mol. The number of amides is 1. The largest absolute Gasteiger partial charge is 0.345 e. The quantitative estimate of drug-likeness (QED) is 0.308. The van der Waals surface area contributed by atoms with Crippen molar-refractivity contribution in [3.63, 3.8) is 0 Å². The number of thiophene rings is 1. The number of hydrogen-bond acceptors (Lipinski definition) is 9. The third-order valence-electron chi connectivity index (χ3n) is 5.54. The number of non-ortho nitro benzene ring substituents is 1. The molecule has 0 unspecified atom stereocenters. The highest BCUT2D eigenvalue weighted by Crippen LogP contribution is 2.32. The molecule has 5 rings (SSSR count). The van der Waals surface area contributed by atoms with Gasteiger partial charge in [0.2, 0.25) is 0 Å². The molecule has 0 saturated carbocycles. The monoisotopic (exact) mass is 502 g/mol. The second-order valence-electron chi connectivity index (χ2n) is 7.77. The highest BCUT2D eigenvalue weighted by Gasteiger charge is 2.25. The minimum Gasteiger partial charge on any atom is -0.345 e. The Labute approximate surface area is 196 Å². The van der Waals surface area contributed by atoms with E-state index in [9.17, 15) is 23.3 Å². The van der Waals surface area contributed by atoms with Crippen molar-refractivity contribution in [2.24, 2.45) is 0 Å². The number of thiazole rings is 1. The van der Waals surface area contributed by atoms with Gasteiger partial charge in [0.15, 0.2) is 15.0 Å². The van der Waals surface area contributed by atoms with Gasteiger partial charge in [-0.2, -0.15) is 0 Å². The number of anilines is 1. The maximum absolute atomic E-state index is 13.0. The van der Waals surface area contributed by atoms with E-state index >= 15 is 0 Å². The molecular formula is C21H18N4O5S3. The van der Waals surface area contributed by atoms with Crippen LogP contribution in [0.2, 0.25) is 0 Å². The first-order chi connectivity index (χ1) is 15.7. The van der Waals surface area contributed by atoms with Crippen LogP contribution in [0.4, 0.5) is 10.8 Å². The van der Waals surface area contributed by atoms with E-state index in [0.717, 1.165) is 20.0 Å². The summed E-state index contributed by atoms with van der Waals surface area (Å²) in [6.45, 7) is 2.28. The van der Waals surface area contributed by atoms with Crippen molar-refractivity contribution in [2.75, 3.05) is 37.3 Å². The van der Waals surface area contributed by atoms with Gasteiger partial charge in [-0.3, -0.25) is 14.9 Å². The third-order valence-corrected chi connectivity index (χ3v) is 8.83. The van der Waals surface area contributed by atoms with Gasteiger partial charge in [-0.05, 0) is 30.3 Å². The van der Waals surface area contributed by atoms with Gasteiger partial charge in [0.1, 0.15) is 0 Å². The molecule has 0 N–H and O–H groups in total. The van der Waals surface area contributed by atoms with Crippen molar-refractivity contribution in [2.45, 2.75) is 4.90 Å². The van der Waals surface area contributed by atoms with Crippen molar-refractivity contribution < 1.29 is 18.1 Å². The number of hydrogen-bond donors (Lipinski definition) is 0. The molecule has 3 heterocycles. The SMILES string of the molecule is CS(=O)(=O)c1ccc2nc(N3CCN(C(=O)c4cc5cc([N+](=O)[O-])ccc5s4)CC3)sc2c1. The first kappa shape index (κ1) is 21.7. The zero-order valence-corrected chi connectivity index (χ0v) is 19.9. The highest BCUT2D eigenvalue weighted by molar-refractivity contribution is 7.90. The summed E-state index contributed by atoms with van der Waals surface area (Å²) in [7, 11) is -3.28. The van der Waals surface area contributed by atoms with Crippen LogP contribution in [0.15, 0.2) is 47.4 Å². The molecule has 4 aromatic rings. The number of sulfone groups is 1.